The number of halogens is 2. The minimum absolute atomic E-state index is 0. The van der Waals surface area contributed by atoms with Crippen molar-refractivity contribution in [3.05, 3.63) is 23.8 Å². The van der Waals surface area contributed by atoms with Gasteiger partial charge in [0.1, 0.15) is 12.5 Å². The molecule has 0 spiro atoms. The molecule has 1 saturated carbocycles. The zero-order valence-electron chi connectivity index (χ0n) is 17.2. The first-order valence-electron chi connectivity index (χ1n) is 11.0. The number of hydrogen-bond donors (Lipinski definition) is 2. The second-order valence-corrected chi connectivity index (χ2v) is 8.96. The molecule has 5 nitrogen and oxygen atoms in total. The van der Waals surface area contributed by atoms with E-state index in [9.17, 15) is 9.18 Å². The van der Waals surface area contributed by atoms with Gasteiger partial charge in [0.25, 0.3) is 0 Å². The summed E-state index contributed by atoms with van der Waals surface area (Å²) in [7, 11) is 0. The second-order valence-electron chi connectivity index (χ2n) is 8.96. The lowest BCUT2D eigenvalue weighted by atomic mass is 9.69. The van der Waals surface area contributed by atoms with Crippen molar-refractivity contribution in [3.63, 3.8) is 0 Å². The number of carbonyl (C=O) groups is 1. The molecule has 164 valence electrons. The van der Waals surface area contributed by atoms with E-state index in [1.165, 1.54) is 0 Å². The van der Waals surface area contributed by atoms with E-state index < -0.39 is 11.8 Å². The van der Waals surface area contributed by atoms with Gasteiger partial charge in [-0.3, -0.25) is 4.79 Å². The summed E-state index contributed by atoms with van der Waals surface area (Å²) in [4.78, 5) is 13.7. The Morgan fingerprint density at radius 3 is 2.69 bits per heavy atom. The molecule has 0 radical (unpaired) electrons. The van der Waals surface area contributed by atoms with Crippen molar-refractivity contribution < 1.29 is 13.9 Å². The number of nitrogens with zero attached hydrogens (tertiary/aromatic N) is 1. The van der Waals surface area contributed by atoms with Gasteiger partial charge in [-0.2, -0.15) is 0 Å². The molecule has 5 atom stereocenters. The highest BCUT2D eigenvalue weighted by atomic mass is 35.5. The lowest BCUT2D eigenvalue weighted by molar-refractivity contribution is -0.110. The highest BCUT2D eigenvalue weighted by Gasteiger charge is 2.45. The Labute approximate surface area is 179 Å². The SMILES string of the molecule is Cl.O=CC1=CC[C@](OC2CCNC2)(C2CC(F)CC(CN3CCNCC3)C2)C=C1. The molecule has 29 heavy (non-hydrogen) atoms. The van der Waals surface area contributed by atoms with Gasteiger partial charge in [-0.1, -0.05) is 18.2 Å². The molecule has 0 aromatic heterocycles. The third-order valence-corrected chi connectivity index (χ3v) is 6.92. The Kier molecular flexibility index (Phi) is 8.28. The van der Waals surface area contributed by atoms with Gasteiger partial charge in [-0.05, 0) is 50.5 Å². The van der Waals surface area contributed by atoms with Crippen molar-refractivity contribution >= 4 is 18.7 Å². The molecule has 4 unspecified atom stereocenters. The van der Waals surface area contributed by atoms with E-state index in [0.717, 1.165) is 64.9 Å². The summed E-state index contributed by atoms with van der Waals surface area (Å²) in [6.45, 7) is 6.98. The molecule has 2 heterocycles. The van der Waals surface area contributed by atoms with Crippen LogP contribution in [0, 0.1) is 11.8 Å². The minimum Gasteiger partial charge on any atom is -0.366 e. The average molecular weight is 428 g/mol. The maximum absolute atomic E-state index is 14.8. The third kappa shape index (κ3) is 5.67. The molecule has 2 N–H and O–H groups in total. The fourth-order valence-electron chi connectivity index (χ4n) is 5.43. The summed E-state index contributed by atoms with van der Waals surface area (Å²) < 4.78 is 21.5. The largest absolute Gasteiger partial charge is 0.366 e. The van der Waals surface area contributed by atoms with Crippen molar-refractivity contribution in [1.29, 1.82) is 0 Å². The second kappa shape index (κ2) is 10.5. The molecule has 3 fully saturated rings. The molecule has 2 saturated heterocycles. The van der Waals surface area contributed by atoms with Crippen LogP contribution >= 0.6 is 12.4 Å². The van der Waals surface area contributed by atoms with Crippen LogP contribution in [0.4, 0.5) is 4.39 Å². The Balaban J connectivity index is 0.00000240. The van der Waals surface area contributed by atoms with E-state index in [-0.39, 0.29) is 24.4 Å². The molecule has 0 bridgehead atoms. The number of allylic oxidation sites excluding steroid dienone is 2. The predicted octanol–water partition coefficient (Wildman–Crippen LogP) is 2.27. The summed E-state index contributed by atoms with van der Waals surface area (Å²) in [5.41, 5.74) is 0.226. The molecule has 2 aliphatic heterocycles. The Hall–Kier alpha value is -0.790. The van der Waals surface area contributed by atoms with Gasteiger partial charge < -0.3 is 20.3 Å². The molecule has 0 aromatic carbocycles. The number of rotatable bonds is 6. The topological polar surface area (TPSA) is 53.6 Å². The van der Waals surface area contributed by atoms with E-state index in [0.29, 0.717) is 30.8 Å². The number of alkyl halides is 1. The highest BCUT2D eigenvalue weighted by molar-refractivity contribution is 5.85. The number of hydrogen-bond acceptors (Lipinski definition) is 5. The summed E-state index contributed by atoms with van der Waals surface area (Å²) in [6.07, 6.45) is 10.1. The fraction of sp³-hybridized carbons (Fsp3) is 0.773. The number of carbonyl (C=O) groups excluding carboxylic acids is 1. The van der Waals surface area contributed by atoms with Gasteiger partial charge in [-0.15, -0.1) is 12.4 Å². The molecule has 4 aliphatic rings. The van der Waals surface area contributed by atoms with Crippen molar-refractivity contribution in [3.8, 4) is 0 Å². The van der Waals surface area contributed by atoms with Crippen LogP contribution in [-0.2, 0) is 9.53 Å². The van der Waals surface area contributed by atoms with Crippen molar-refractivity contribution in [2.24, 2.45) is 11.8 Å². The first-order valence-corrected chi connectivity index (χ1v) is 11.0. The Morgan fingerprint density at radius 1 is 1.21 bits per heavy atom. The normalized spacial score (nSPS) is 38.3. The third-order valence-electron chi connectivity index (χ3n) is 6.92. The lowest BCUT2D eigenvalue weighted by Crippen LogP contribution is -2.49. The Morgan fingerprint density at radius 2 is 2.03 bits per heavy atom. The number of nitrogens with one attached hydrogen (secondary N) is 2. The van der Waals surface area contributed by atoms with Gasteiger partial charge in [0.15, 0.2) is 0 Å². The molecule has 0 aromatic rings. The van der Waals surface area contributed by atoms with E-state index >= 15 is 0 Å². The van der Waals surface area contributed by atoms with Crippen LogP contribution in [0.3, 0.4) is 0 Å². The van der Waals surface area contributed by atoms with Gasteiger partial charge >= 0.3 is 0 Å². The summed E-state index contributed by atoms with van der Waals surface area (Å²) >= 11 is 0. The van der Waals surface area contributed by atoms with Crippen LogP contribution in [0.1, 0.15) is 32.1 Å². The quantitative estimate of drug-likeness (QED) is 0.637. The molecular weight excluding hydrogens is 393 g/mol. The lowest BCUT2D eigenvalue weighted by Gasteiger charge is -2.46. The van der Waals surface area contributed by atoms with Crippen LogP contribution in [0.15, 0.2) is 23.8 Å². The molecule has 7 heteroatoms. The number of aldehydes is 1. The van der Waals surface area contributed by atoms with Crippen LogP contribution in [0.25, 0.3) is 0 Å². The van der Waals surface area contributed by atoms with E-state index in [2.05, 4.69) is 21.6 Å². The standard InChI is InChI=1S/C22H34FN3O2.ClH/c23-20-12-18(15-26-9-7-24-8-10-26)11-19(13-20)22(28-21-3-6-25-14-21)4-1-17(16-27)2-5-22;/h1-2,4,16,18-21,24-25H,3,5-15H2;1H/t18?,19?,20?,21?,22-;/m0./s1. The maximum atomic E-state index is 14.8. The number of ether oxygens (including phenoxy) is 1. The monoisotopic (exact) mass is 427 g/mol. The van der Waals surface area contributed by atoms with Crippen LogP contribution in [-0.4, -0.2) is 74.9 Å². The Bertz CT molecular complexity index is 605. The molecule has 0 amide bonds. The van der Waals surface area contributed by atoms with E-state index in [1.807, 2.05) is 12.2 Å². The minimum atomic E-state index is -0.765. The summed E-state index contributed by atoms with van der Waals surface area (Å²) in [5, 5.41) is 6.76. The summed E-state index contributed by atoms with van der Waals surface area (Å²) in [5.74, 6) is 0.532. The number of piperazine rings is 1. The highest BCUT2D eigenvalue weighted by Crippen LogP contribution is 2.44. The first kappa shape index (κ1) is 22.9. The van der Waals surface area contributed by atoms with E-state index in [1.54, 1.807) is 0 Å². The first-order chi connectivity index (χ1) is 13.7. The van der Waals surface area contributed by atoms with Crippen LogP contribution < -0.4 is 10.6 Å². The zero-order chi connectivity index (χ0) is 19.4. The van der Waals surface area contributed by atoms with Crippen LogP contribution in [0.2, 0.25) is 0 Å². The molecule has 2 aliphatic carbocycles. The van der Waals surface area contributed by atoms with Gasteiger partial charge in [0.2, 0.25) is 0 Å². The van der Waals surface area contributed by atoms with Crippen molar-refractivity contribution in [1.82, 2.24) is 15.5 Å². The van der Waals surface area contributed by atoms with Crippen LogP contribution in [0.5, 0.6) is 0 Å². The van der Waals surface area contributed by atoms with Crippen molar-refractivity contribution in [2.45, 2.75) is 50.0 Å². The smallest absolute Gasteiger partial charge is 0.149 e. The fourth-order valence-corrected chi connectivity index (χ4v) is 5.43. The van der Waals surface area contributed by atoms with Gasteiger partial charge in [0, 0.05) is 44.8 Å². The average Bonchev–Trinajstić information content (AvgIpc) is 3.22. The zero-order valence-corrected chi connectivity index (χ0v) is 18.0. The molecular formula is C22H35ClFN3O2. The maximum Gasteiger partial charge on any atom is 0.149 e. The van der Waals surface area contributed by atoms with Gasteiger partial charge in [0.05, 0.1) is 11.7 Å². The molecule has 4 rings (SSSR count). The van der Waals surface area contributed by atoms with Gasteiger partial charge in [-0.25, -0.2) is 4.39 Å². The predicted molar refractivity (Wildman–Crippen MR) is 115 cm³/mol. The summed E-state index contributed by atoms with van der Waals surface area (Å²) in [6, 6.07) is 0. The van der Waals surface area contributed by atoms with E-state index in [4.69, 9.17) is 4.74 Å². The van der Waals surface area contributed by atoms with Crippen molar-refractivity contribution in [2.75, 3.05) is 45.8 Å².